The molecule has 0 atom stereocenters. The van der Waals surface area contributed by atoms with Gasteiger partial charge in [0.1, 0.15) is 6.61 Å². The molecule has 2 aromatic carbocycles. The third kappa shape index (κ3) is 4.72. The second kappa shape index (κ2) is 8.19. The summed E-state index contributed by atoms with van der Waals surface area (Å²) in [7, 11) is 0. The normalized spacial score (nSPS) is 10.5. The summed E-state index contributed by atoms with van der Waals surface area (Å²) < 4.78 is 13.7. The average Bonchev–Trinajstić information content (AvgIpc) is 2.48. The van der Waals surface area contributed by atoms with E-state index in [1.165, 1.54) is 3.57 Å². The first-order chi connectivity index (χ1) is 10.1. The van der Waals surface area contributed by atoms with Crippen LogP contribution in [0.1, 0.15) is 18.1 Å². The van der Waals surface area contributed by atoms with E-state index in [2.05, 4.69) is 69.4 Å². The highest BCUT2D eigenvalue weighted by Crippen LogP contribution is 2.34. The van der Waals surface area contributed by atoms with Gasteiger partial charge in [-0.3, -0.25) is 0 Å². The molecule has 0 unspecified atom stereocenters. The number of hydrogen-bond acceptors (Lipinski definition) is 3. The number of aliphatic hydroxyl groups is 1. The van der Waals surface area contributed by atoms with Crippen LogP contribution in [0.3, 0.4) is 0 Å². The lowest BCUT2D eigenvalue weighted by Gasteiger charge is -2.15. The molecule has 3 nitrogen and oxygen atoms in total. The van der Waals surface area contributed by atoms with Crippen molar-refractivity contribution < 1.29 is 14.6 Å². The fourth-order valence-electron chi connectivity index (χ4n) is 1.85. The van der Waals surface area contributed by atoms with Crippen LogP contribution in [0.2, 0.25) is 0 Å². The lowest BCUT2D eigenvalue weighted by molar-refractivity contribution is 0.262. The van der Waals surface area contributed by atoms with Crippen molar-refractivity contribution in [3.05, 3.63) is 54.7 Å². The summed E-state index contributed by atoms with van der Waals surface area (Å²) >= 11 is 4.49. The van der Waals surface area contributed by atoms with Gasteiger partial charge in [-0.15, -0.1) is 0 Å². The second-order valence-electron chi connectivity index (χ2n) is 4.41. The van der Waals surface area contributed by atoms with Crippen molar-refractivity contribution in [2.24, 2.45) is 0 Å². The summed E-state index contributed by atoms with van der Waals surface area (Å²) in [6.45, 7) is 2.98. The Balaban J connectivity index is 2.19. The first-order valence-corrected chi connectivity index (χ1v) is 8.73. The van der Waals surface area contributed by atoms with Crippen molar-refractivity contribution in [2.45, 2.75) is 20.1 Å². The zero-order valence-electron chi connectivity index (χ0n) is 11.6. The molecular formula is C16H16I2O3. The first-order valence-electron chi connectivity index (χ1n) is 6.57. The van der Waals surface area contributed by atoms with E-state index in [9.17, 15) is 5.11 Å². The van der Waals surface area contributed by atoms with Crippen molar-refractivity contribution in [1.82, 2.24) is 0 Å². The minimum absolute atomic E-state index is 0.00647. The second-order valence-corrected chi connectivity index (χ2v) is 6.82. The van der Waals surface area contributed by atoms with Gasteiger partial charge in [0.05, 0.1) is 16.8 Å². The number of aliphatic hydroxyl groups excluding tert-OH is 1. The number of halogens is 2. The average molecular weight is 510 g/mol. The van der Waals surface area contributed by atoms with Crippen molar-refractivity contribution in [1.29, 1.82) is 0 Å². The monoisotopic (exact) mass is 510 g/mol. The van der Waals surface area contributed by atoms with Crippen LogP contribution in [0, 0.1) is 7.14 Å². The van der Waals surface area contributed by atoms with Crippen LogP contribution in [0.15, 0.2) is 36.4 Å². The maximum atomic E-state index is 9.28. The SMILES string of the molecule is CCOc1cc(CO)cc(I)c1OCc1ccc(I)cc1. The number of hydrogen-bond donors (Lipinski definition) is 1. The van der Waals surface area contributed by atoms with Gasteiger partial charge in [-0.25, -0.2) is 0 Å². The van der Waals surface area contributed by atoms with E-state index in [1.807, 2.05) is 19.1 Å². The van der Waals surface area contributed by atoms with Gasteiger partial charge in [0, 0.05) is 3.57 Å². The number of ether oxygens (including phenoxy) is 2. The molecule has 112 valence electrons. The predicted octanol–water partition coefficient (Wildman–Crippen LogP) is 4.37. The topological polar surface area (TPSA) is 38.7 Å². The highest BCUT2D eigenvalue weighted by Gasteiger charge is 2.12. The first kappa shape index (κ1) is 16.8. The van der Waals surface area contributed by atoms with Gasteiger partial charge in [0.25, 0.3) is 0 Å². The van der Waals surface area contributed by atoms with E-state index in [4.69, 9.17) is 9.47 Å². The number of rotatable bonds is 6. The van der Waals surface area contributed by atoms with Gasteiger partial charge in [-0.05, 0) is 87.5 Å². The van der Waals surface area contributed by atoms with Crippen LogP contribution < -0.4 is 9.47 Å². The van der Waals surface area contributed by atoms with Crippen molar-refractivity contribution in [3.63, 3.8) is 0 Å². The van der Waals surface area contributed by atoms with E-state index >= 15 is 0 Å². The van der Waals surface area contributed by atoms with E-state index in [-0.39, 0.29) is 6.61 Å². The molecule has 5 heteroatoms. The van der Waals surface area contributed by atoms with E-state index in [1.54, 1.807) is 0 Å². The lowest BCUT2D eigenvalue weighted by atomic mass is 10.2. The summed E-state index contributed by atoms with van der Waals surface area (Å²) in [6, 6.07) is 12.0. The van der Waals surface area contributed by atoms with Gasteiger partial charge in [0.2, 0.25) is 0 Å². The van der Waals surface area contributed by atoms with Crippen molar-refractivity contribution in [2.75, 3.05) is 6.61 Å². The highest BCUT2D eigenvalue weighted by atomic mass is 127. The Morgan fingerprint density at radius 3 is 2.33 bits per heavy atom. The molecule has 0 saturated heterocycles. The van der Waals surface area contributed by atoms with Crippen LogP contribution in [0.5, 0.6) is 11.5 Å². The maximum absolute atomic E-state index is 9.28. The molecule has 0 aromatic heterocycles. The Kier molecular flexibility index (Phi) is 6.56. The third-order valence-corrected chi connectivity index (χ3v) is 4.37. The summed E-state index contributed by atoms with van der Waals surface area (Å²) in [5.41, 5.74) is 1.93. The minimum Gasteiger partial charge on any atom is -0.490 e. The Labute approximate surface area is 151 Å². The van der Waals surface area contributed by atoms with Crippen LogP contribution in [-0.2, 0) is 13.2 Å². The molecule has 0 bridgehead atoms. The molecular weight excluding hydrogens is 494 g/mol. The predicted molar refractivity (Wildman–Crippen MR) is 99.7 cm³/mol. The lowest BCUT2D eigenvalue weighted by Crippen LogP contribution is -2.02. The molecule has 0 aliphatic rings. The molecule has 0 aliphatic heterocycles. The maximum Gasteiger partial charge on any atom is 0.174 e. The van der Waals surface area contributed by atoms with Crippen molar-refractivity contribution >= 4 is 45.2 Å². The minimum atomic E-state index is -0.00647. The Morgan fingerprint density at radius 1 is 1.00 bits per heavy atom. The zero-order chi connectivity index (χ0) is 15.2. The Bertz CT molecular complexity index is 597. The smallest absolute Gasteiger partial charge is 0.174 e. The molecule has 0 radical (unpaired) electrons. The Hall–Kier alpha value is -0.540. The van der Waals surface area contributed by atoms with Gasteiger partial charge < -0.3 is 14.6 Å². The van der Waals surface area contributed by atoms with Gasteiger partial charge in [0.15, 0.2) is 11.5 Å². The molecule has 0 saturated carbocycles. The van der Waals surface area contributed by atoms with Crippen LogP contribution in [0.25, 0.3) is 0 Å². The van der Waals surface area contributed by atoms with Crippen molar-refractivity contribution in [3.8, 4) is 11.5 Å². The molecule has 0 fully saturated rings. The molecule has 0 amide bonds. The van der Waals surface area contributed by atoms with E-state index < -0.39 is 0 Å². The summed E-state index contributed by atoms with van der Waals surface area (Å²) in [4.78, 5) is 0. The van der Waals surface area contributed by atoms with Gasteiger partial charge in [-0.2, -0.15) is 0 Å². The summed E-state index contributed by atoms with van der Waals surface area (Å²) in [5.74, 6) is 1.41. The van der Waals surface area contributed by atoms with Gasteiger partial charge in [-0.1, -0.05) is 12.1 Å². The third-order valence-electron chi connectivity index (χ3n) is 2.85. The molecule has 0 spiro atoms. The standard InChI is InChI=1S/C16H16I2O3/c1-2-20-15-8-12(9-19)7-14(18)16(15)21-10-11-3-5-13(17)6-4-11/h3-8,19H,2,9-10H2,1H3. The zero-order valence-corrected chi connectivity index (χ0v) is 15.9. The van der Waals surface area contributed by atoms with E-state index in [0.29, 0.717) is 19.0 Å². The largest absolute Gasteiger partial charge is 0.490 e. The fraction of sp³-hybridized carbons (Fsp3) is 0.250. The van der Waals surface area contributed by atoms with E-state index in [0.717, 1.165) is 20.4 Å². The van der Waals surface area contributed by atoms with Gasteiger partial charge >= 0.3 is 0 Å². The molecule has 21 heavy (non-hydrogen) atoms. The molecule has 0 heterocycles. The quantitative estimate of drug-likeness (QED) is 0.588. The molecule has 1 N–H and O–H groups in total. The molecule has 2 rings (SSSR count). The molecule has 2 aromatic rings. The summed E-state index contributed by atoms with van der Waals surface area (Å²) in [5, 5.41) is 9.28. The fourth-order valence-corrected chi connectivity index (χ4v) is 3.03. The van der Waals surface area contributed by atoms with Crippen LogP contribution in [0.4, 0.5) is 0 Å². The van der Waals surface area contributed by atoms with Crippen LogP contribution in [-0.4, -0.2) is 11.7 Å². The molecule has 0 aliphatic carbocycles. The Morgan fingerprint density at radius 2 is 1.71 bits per heavy atom. The van der Waals surface area contributed by atoms with Crippen LogP contribution >= 0.6 is 45.2 Å². The summed E-state index contributed by atoms with van der Waals surface area (Å²) in [6.07, 6.45) is 0. The number of benzene rings is 2. The highest BCUT2D eigenvalue weighted by molar-refractivity contribution is 14.1.